The molecular weight excluding hydrogens is 376 g/mol. The first kappa shape index (κ1) is 20.8. The number of nitrogens with zero attached hydrogens (tertiary/aromatic N) is 2. The van der Waals surface area contributed by atoms with Gasteiger partial charge in [-0.25, -0.2) is 10.1 Å². The van der Waals surface area contributed by atoms with Gasteiger partial charge in [0, 0.05) is 24.2 Å². The van der Waals surface area contributed by atoms with Gasteiger partial charge in [-0.3, -0.25) is 10.2 Å². The van der Waals surface area contributed by atoms with Crippen molar-refractivity contribution in [1.29, 1.82) is 0 Å². The smallest absolute Gasteiger partial charge is 0.239 e. The van der Waals surface area contributed by atoms with Gasteiger partial charge in [-0.2, -0.15) is 5.10 Å². The van der Waals surface area contributed by atoms with E-state index in [9.17, 15) is 4.79 Å². The third-order valence-electron chi connectivity index (χ3n) is 5.67. The molecule has 0 radical (unpaired) electrons. The van der Waals surface area contributed by atoms with E-state index in [4.69, 9.17) is 0 Å². The van der Waals surface area contributed by atoms with E-state index >= 15 is 0 Å². The van der Waals surface area contributed by atoms with Gasteiger partial charge in [-0.05, 0) is 57.5 Å². The molecular formula is C20H29ClN6O. The highest BCUT2D eigenvalue weighted by atomic mass is 35.5. The highest BCUT2D eigenvalue weighted by Gasteiger charge is 2.41. The first-order valence-corrected chi connectivity index (χ1v) is 9.68. The standard InChI is InChI=1S/C20H28N6O.ClH/c1-12-10-13(2)26(25-12)16-6-4-15(5-7-16)14(3)22-20(27)19-17-11-21-9-8-18(17)23-24-19;/h4-7,10,14,17-19,21,23-24H,8-9,11H2,1-3H3,(H,22,27);1H. The van der Waals surface area contributed by atoms with Gasteiger partial charge in [0.2, 0.25) is 5.91 Å². The lowest BCUT2D eigenvalue weighted by Gasteiger charge is -2.28. The van der Waals surface area contributed by atoms with Crippen LogP contribution in [0, 0.1) is 19.8 Å². The molecule has 4 rings (SSSR count). The number of benzene rings is 1. The Labute approximate surface area is 172 Å². The van der Waals surface area contributed by atoms with Gasteiger partial charge >= 0.3 is 0 Å². The molecule has 152 valence electrons. The van der Waals surface area contributed by atoms with Crippen molar-refractivity contribution < 1.29 is 4.79 Å². The molecule has 0 aliphatic carbocycles. The largest absolute Gasteiger partial charge is 0.348 e. The number of amides is 1. The molecule has 4 unspecified atom stereocenters. The van der Waals surface area contributed by atoms with Crippen molar-refractivity contribution in [3.63, 3.8) is 0 Å². The normalized spacial score (nSPS) is 24.9. The monoisotopic (exact) mass is 404 g/mol. The van der Waals surface area contributed by atoms with Crippen LogP contribution in [-0.4, -0.2) is 40.9 Å². The zero-order valence-electron chi connectivity index (χ0n) is 16.5. The summed E-state index contributed by atoms with van der Waals surface area (Å²) < 4.78 is 1.94. The summed E-state index contributed by atoms with van der Waals surface area (Å²) >= 11 is 0. The number of fused-ring (bicyclic) bond motifs is 1. The summed E-state index contributed by atoms with van der Waals surface area (Å²) in [7, 11) is 0. The average Bonchev–Trinajstić information content (AvgIpc) is 3.24. The van der Waals surface area contributed by atoms with E-state index in [2.05, 4.69) is 44.8 Å². The number of nitrogens with one attached hydrogen (secondary N) is 4. The zero-order chi connectivity index (χ0) is 19.0. The third kappa shape index (κ3) is 4.07. The van der Waals surface area contributed by atoms with Crippen LogP contribution in [0.1, 0.15) is 36.3 Å². The third-order valence-corrected chi connectivity index (χ3v) is 5.67. The quantitative estimate of drug-likeness (QED) is 0.621. The fourth-order valence-corrected chi connectivity index (χ4v) is 4.16. The molecule has 0 saturated carbocycles. The van der Waals surface area contributed by atoms with Crippen LogP contribution < -0.4 is 21.5 Å². The van der Waals surface area contributed by atoms with Gasteiger partial charge in [-0.15, -0.1) is 12.4 Å². The number of rotatable bonds is 4. The predicted molar refractivity (Wildman–Crippen MR) is 112 cm³/mol. The highest BCUT2D eigenvalue weighted by Crippen LogP contribution is 2.22. The Bertz CT molecular complexity index is 821. The Morgan fingerprint density at radius 3 is 2.68 bits per heavy atom. The first-order chi connectivity index (χ1) is 13.0. The Balaban J connectivity index is 0.00000225. The number of hydrazine groups is 1. The fraction of sp³-hybridized carbons (Fsp3) is 0.500. The van der Waals surface area contributed by atoms with Gasteiger partial charge < -0.3 is 10.6 Å². The first-order valence-electron chi connectivity index (χ1n) is 9.68. The number of hydrogen-bond donors (Lipinski definition) is 4. The topological polar surface area (TPSA) is 83.0 Å². The van der Waals surface area contributed by atoms with Gasteiger partial charge in [0.15, 0.2) is 0 Å². The van der Waals surface area contributed by atoms with E-state index in [-0.39, 0.29) is 30.4 Å². The van der Waals surface area contributed by atoms with E-state index in [0.29, 0.717) is 12.0 Å². The average molecular weight is 405 g/mol. The fourth-order valence-electron chi connectivity index (χ4n) is 4.16. The van der Waals surface area contributed by atoms with E-state index < -0.39 is 0 Å². The molecule has 2 aliphatic rings. The van der Waals surface area contributed by atoms with Crippen molar-refractivity contribution in [2.24, 2.45) is 5.92 Å². The maximum atomic E-state index is 12.8. The van der Waals surface area contributed by atoms with E-state index in [1.807, 2.05) is 37.6 Å². The molecule has 0 bridgehead atoms. The molecule has 4 atom stereocenters. The maximum absolute atomic E-state index is 12.8. The summed E-state index contributed by atoms with van der Waals surface area (Å²) in [5, 5.41) is 11.1. The van der Waals surface area contributed by atoms with Crippen LogP contribution >= 0.6 is 12.4 Å². The van der Waals surface area contributed by atoms with Crippen LogP contribution in [0.5, 0.6) is 0 Å². The summed E-state index contributed by atoms with van der Waals surface area (Å²) in [6.45, 7) is 7.94. The molecule has 2 fully saturated rings. The van der Waals surface area contributed by atoms with Crippen molar-refractivity contribution >= 4 is 18.3 Å². The van der Waals surface area contributed by atoms with Gasteiger partial charge in [-0.1, -0.05) is 12.1 Å². The SMILES string of the molecule is Cc1cc(C)n(-c2ccc(C(C)NC(=O)C3NNC4CCNCC43)cc2)n1.Cl. The minimum Gasteiger partial charge on any atom is -0.348 e. The Hall–Kier alpha value is -1.93. The van der Waals surface area contributed by atoms with Crippen molar-refractivity contribution in [3.05, 3.63) is 47.3 Å². The minimum atomic E-state index is -0.195. The zero-order valence-corrected chi connectivity index (χ0v) is 17.3. The molecule has 1 aromatic carbocycles. The number of hydrogen-bond acceptors (Lipinski definition) is 5. The summed E-state index contributed by atoms with van der Waals surface area (Å²) in [4.78, 5) is 12.8. The minimum absolute atomic E-state index is 0. The summed E-state index contributed by atoms with van der Waals surface area (Å²) in [6, 6.07) is 10.4. The number of halogens is 1. The Morgan fingerprint density at radius 2 is 2.00 bits per heavy atom. The molecule has 2 saturated heterocycles. The molecule has 2 aliphatic heterocycles. The number of piperidine rings is 1. The molecule has 1 amide bonds. The Kier molecular flexibility index (Phi) is 6.40. The summed E-state index contributed by atoms with van der Waals surface area (Å²) in [5.41, 5.74) is 10.7. The molecule has 0 spiro atoms. The van der Waals surface area contributed by atoms with Crippen molar-refractivity contribution in [3.8, 4) is 5.69 Å². The second-order valence-electron chi connectivity index (χ2n) is 7.69. The number of carbonyl (C=O) groups is 1. The molecule has 1 aromatic heterocycles. The van der Waals surface area contributed by atoms with Crippen molar-refractivity contribution in [2.45, 2.75) is 45.3 Å². The number of carbonyl (C=O) groups excluding carboxylic acids is 1. The van der Waals surface area contributed by atoms with Crippen LogP contribution in [-0.2, 0) is 4.79 Å². The van der Waals surface area contributed by atoms with Crippen LogP contribution in [0.4, 0.5) is 0 Å². The van der Waals surface area contributed by atoms with Crippen LogP contribution in [0.15, 0.2) is 30.3 Å². The maximum Gasteiger partial charge on any atom is 0.239 e. The second kappa shape index (κ2) is 8.61. The van der Waals surface area contributed by atoms with Gasteiger partial charge in [0.05, 0.1) is 17.4 Å². The predicted octanol–water partition coefficient (Wildman–Crippen LogP) is 1.54. The van der Waals surface area contributed by atoms with Crippen molar-refractivity contribution in [1.82, 2.24) is 31.3 Å². The lowest BCUT2D eigenvalue weighted by Crippen LogP contribution is -2.49. The highest BCUT2D eigenvalue weighted by molar-refractivity contribution is 5.85. The van der Waals surface area contributed by atoms with Crippen molar-refractivity contribution in [2.75, 3.05) is 13.1 Å². The van der Waals surface area contributed by atoms with E-state index in [1.165, 1.54) is 0 Å². The molecule has 8 heteroatoms. The molecule has 7 nitrogen and oxygen atoms in total. The molecule has 28 heavy (non-hydrogen) atoms. The lowest BCUT2D eigenvalue weighted by molar-refractivity contribution is -0.124. The number of aryl methyl sites for hydroxylation is 2. The van der Waals surface area contributed by atoms with Crippen LogP contribution in [0.25, 0.3) is 5.69 Å². The Morgan fingerprint density at radius 1 is 1.25 bits per heavy atom. The van der Waals surface area contributed by atoms with Gasteiger partial charge in [0.25, 0.3) is 0 Å². The summed E-state index contributed by atoms with van der Waals surface area (Å²) in [5.74, 6) is 0.341. The lowest BCUT2D eigenvalue weighted by atomic mass is 9.89. The number of aromatic nitrogens is 2. The second-order valence-corrected chi connectivity index (χ2v) is 7.69. The molecule has 2 aromatic rings. The van der Waals surface area contributed by atoms with Gasteiger partial charge in [0.1, 0.15) is 6.04 Å². The van der Waals surface area contributed by atoms with Crippen LogP contribution in [0.3, 0.4) is 0 Å². The van der Waals surface area contributed by atoms with Crippen LogP contribution in [0.2, 0.25) is 0 Å². The molecule has 4 N–H and O–H groups in total. The molecule has 3 heterocycles. The van der Waals surface area contributed by atoms with E-state index in [1.54, 1.807) is 0 Å². The van der Waals surface area contributed by atoms with E-state index in [0.717, 1.165) is 42.1 Å². The summed E-state index contributed by atoms with van der Waals surface area (Å²) in [6.07, 6.45) is 1.05.